The van der Waals surface area contributed by atoms with Gasteiger partial charge < -0.3 is 0 Å². The van der Waals surface area contributed by atoms with Gasteiger partial charge in [-0.1, -0.05) is 35.0 Å². The van der Waals surface area contributed by atoms with Gasteiger partial charge in [0.15, 0.2) is 0 Å². The molecule has 0 amide bonds. The van der Waals surface area contributed by atoms with Crippen molar-refractivity contribution >= 4 is 15.9 Å². The zero-order chi connectivity index (χ0) is 9.26. The molecular weight excluding hydrogens is 226 g/mol. The molecule has 1 aromatic rings. The van der Waals surface area contributed by atoms with E-state index in [1.807, 2.05) is 0 Å². The van der Waals surface area contributed by atoms with E-state index < -0.39 is 0 Å². The van der Waals surface area contributed by atoms with Gasteiger partial charge in [0.2, 0.25) is 0 Å². The molecule has 1 aliphatic rings. The molecule has 2 rings (SSSR count). The van der Waals surface area contributed by atoms with Gasteiger partial charge in [-0.3, -0.25) is 4.90 Å². The number of nitrogens with zero attached hydrogens (tertiary/aromatic N) is 1. The van der Waals surface area contributed by atoms with Crippen LogP contribution in [0, 0.1) is 0 Å². The van der Waals surface area contributed by atoms with Gasteiger partial charge in [-0.15, -0.1) is 0 Å². The molecule has 1 unspecified atom stereocenters. The largest absolute Gasteiger partial charge is 0.296 e. The first-order valence-corrected chi connectivity index (χ1v) is 5.60. The molecule has 2 heteroatoms. The Kier molecular flexibility index (Phi) is 2.70. The van der Waals surface area contributed by atoms with E-state index in [2.05, 4.69) is 52.0 Å². The number of benzene rings is 1. The van der Waals surface area contributed by atoms with Gasteiger partial charge in [0.05, 0.1) is 0 Å². The molecule has 0 aliphatic carbocycles. The summed E-state index contributed by atoms with van der Waals surface area (Å²) < 4.78 is 1.19. The molecule has 0 radical (unpaired) electrons. The average molecular weight is 240 g/mol. The smallest absolute Gasteiger partial charge is 0.0360 e. The van der Waals surface area contributed by atoms with E-state index in [0.29, 0.717) is 6.04 Å². The second kappa shape index (κ2) is 3.81. The Morgan fingerprint density at radius 2 is 2.38 bits per heavy atom. The highest BCUT2D eigenvalue weighted by Crippen LogP contribution is 2.33. The summed E-state index contributed by atoms with van der Waals surface area (Å²) in [7, 11) is 0. The first-order valence-electron chi connectivity index (χ1n) is 4.81. The minimum absolute atomic E-state index is 0.669. The molecule has 13 heavy (non-hydrogen) atoms. The molecule has 1 nitrogen and oxygen atoms in total. The third-order valence-electron chi connectivity index (χ3n) is 2.77. The number of hydrogen-bond acceptors (Lipinski definition) is 1. The van der Waals surface area contributed by atoms with Gasteiger partial charge >= 0.3 is 0 Å². The minimum Gasteiger partial charge on any atom is -0.296 e. The predicted molar refractivity (Wildman–Crippen MR) is 58.7 cm³/mol. The highest BCUT2D eigenvalue weighted by molar-refractivity contribution is 9.10. The second-order valence-electron chi connectivity index (χ2n) is 3.49. The second-order valence-corrected chi connectivity index (χ2v) is 4.40. The molecule has 70 valence electrons. The first-order chi connectivity index (χ1) is 6.31. The van der Waals surface area contributed by atoms with Crippen molar-refractivity contribution in [2.75, 3.05) is 13.1 Å². The summed E-state index contributed by atoms with van der Waals surface area (Å²) >= 11 is 3.51. The number of likely N-dealkylation sites (tertiary alicyclic amines) is 1. The van der Waals surface area contributed by atoms with E-state index >= 15 is 0 Å². The molecule has 1 aliphatic heterocycles. The molecule has 0 bridgehead atoms. The summed E-state index contributed by atoms with van der Waals surface area (Å²) in [4.78, 5) is 2.50. The quantitative estimate of drug-likeness (QED) is 0.767. The molecular formula is C11H14BrN. The van der Waals surface area contributed by atoms with Crippen molar-refractivity contribution in [1.82, 2.24) is 4.90 Å². The fourth-order valence-electron chi connectivity index (χ4n) is 1.91. The highest BCUT2D eigenvalue weighted by atomic mass is 79.9. The fourth-order valence-corrected chi connectivity index (χ4v) is 2.33. The summed E-state index contributed by atoms with van der Waals surface area (Å²) in [5, 5.41) is 0. The van der Waals surface area contributed by atoms with Crippen LogP contribution in [0.25, 0.3) is 0 Å². The van der Waals surface area contributed by atoms with Gasteiger partial charge in [0, 0.05) is 17.1 Å². The Labute approximate surface area is 87.9 Å². The number of hydrogen-bond donors (Lipinski definition) is 0. The molecule has 1 aromatic carbocycles. The topological polar surface area (TPSA) is 3.24 Å². The monoisotopic (exact) mass is 239 g/mol. The van der Waals surface area contributed by atoms with Crippen LogP contribution in [0.3, 0.4) is 0 Å². The molecule has 0 aromatic heterocycles. The van der Waals surface area contributed by atoms with Crippen LogP contribution in [0.15, 0.2) is 28.7 Å². The van der Waals surface area contributed by atoms with Crippen molar-refractivity contribution in [1.29, 1.82) is 0 Å². The normalized spacial score (nSPS) is 22.8. The van der Waals surface area contributed by atoms with Gasteiger partial charge in [0.25, 0.3) is 0 Å². The van der Waals surface area contributed by atoms with Crippen LogP contribution in [0.5, 0.6) is 0 Å². The standard InChI is InChI=1S/C11H14BrN/c1-2-13-7-6-11(13)9-4-3-5-10(12)8-9/h3-5,8,11H,2,6-7H2,1H3. The zero-order valence-corrected chi connectivity index (χ0v) is 9.42. The van der Waals surface area contributed by atoms with Gasteiger partial charge in [-0.05, 0) is 30.7 Å². The Balaban J connectivity index is 2.16. The van der Waals surface area contributed by atoms with Crippen LogP contribution >= 0.6 is 15.9 Å². The van der Waals surface area contributed by atoms with Gasteiger partial charge in [-0.25, -0.2) is 0 Å². The molecule has 1 fully saturated rings. The predicted octanol–water partition coefficient (Wildman–Crippen LogP) is 3.22. The van der Waals surface area contributed by atoms with Crippen LogP contribution in [-0.4, -0.2) is 18.0 Å². The Bertz CT molecular complexity index is 296. The zero-order valence-electron chi connectivity index (χ0n) is 7.83. The molecule has 0 spiro atoms. The summed E-state index contributed by atoms with van der Waals surface area (Å²) in [6.07, 6.45) is 1.31. The SMILES string of the molecule is CCN1CCC1c1cccc(Br)c1. The lowest BCUT2D eigenvalue weighted by Gasteiger charge is -2.40. The van der Waals surface area contributed by atoms with Crippen LogP contribution in [0.1, 0.15) is 24.9 Å². The van der Waals surface area contributed by atoms with Crippen molar-refractivity contribution in [3.8, 4) is 0 Å². The Hall–Kier alpha value is -0.340. The maximum atomic E-state index is 3.51. The van der Waals surface area contributed by atoms with E-state index in [1.165, 1.54) is 23.0 Å². The molecule has 1 atom stereocenters. The Morgan fingerprint density at radius 3 is 2.92 bits per heavy atom. The summed E-state index contributed by atoms with van der Waals surface area (Å²) in [5.74, 6) is 0. The summed E-state index contributed by atoms with van der Waals surface area (Å²) in [6, 6.07) is 9.32. The van der Waals surface area contributed by atoms with Crippen LogP contribution in [0.2, 0.25) is 0 Å². The molecule has 1 heterocycles. The van der Waals surface area contributed by atoms with Crippen molar-refractivity contribution < 1.29 is 0 Å². The average Bonchev–Trinajstić information content (AvgIpc) is 2.03. The van der Waals surface area contributed by atoms with E-state index in [0.717, 1.165) is 6.54 Å². The lowest BCUT2D eigenvalue weighted by molar-refractivity contribution is 0.0984. The van der Waals surface area contributed by atoms with Crippen molar-refractivity contribution in [2.45, 2.75) is 19.4 Å². The minimum atomic E-state index is 0.669. The molecule has 0 saturated carbocycles. The van der Waals surface area contributed by atoms with Crippen molar-refractivity contribution in [3.63, 3.8) is 0 Å². The van der Waals surface area contributed by atoms with Gasteiger partial charge in [-0.2, -0.15) is 0 Å². The van der Waals surface area contributed by atoms with Crippen LogP contribution < -0.4 is 0 Å². The van der Waals surface area contributed by atoms with Crippen LogP contribution in [-0.2, 0) is 0 Å². The number of rotatable bonds is 2. The van der Waals surface area contributed by atoms with E-state index in [4.69, 9.17) is 0 Å². The highest BCUT2D eigenvalue weighted by Gasteiger charge is 2.27. The third kappa shape index (κ3) is 1.79. The lowest BCUT2D eigenvalue weighted by Crippen LogP contribution is -2.40. The maximum absolute atomic E-state index is 3.51. The molecule has 1 saturated heterocycles. The lowest BCUT2D eigenvalue weighted by atomic mass is 9.95. The van der Waals surface area contributed by atoms with Gasteiger partial charge in [0.1, 0.15) is 0 Å². The summed E-state index contributed by atoms with van der Waals surface area (Å²) in [5.41, 5.74) is 1.45. The molecule has 0 N–H and O–H groups in total. The van der Waals surface area contributed by atoms with Crippen LogP contribution in [0.4, 0.5) is 0 Å². The van der Waals surface area contributed by atoms with Crippen molar-refractivity contribution in [3.05, 3.63) is 34.3 Å². The van der Waals surface area contributed by atoms with E-state index in [9.17, 15) is 0 Å². The summed E-state index contributed by atoms with van der Waals surface area (Å²) in [6.45, 7) is 4.65. The van der Waals surface area contributed by atoms with E-state index in [1.54, 1.807) is 0 Å². The fraction of sp³-hybridized carbons (Fsp3) is 0.455. The van der Waals surface area contributed by atoms with Crippen molar-refractivity contribution in [2.24, 2.45) is 0 Å². The number of halogens is 1. The first kappa shape index (κ1) is 9.22. The third-order valence-corrected chi connectivity index (χ3v) is 3.26. The Morgan fingerprint density at radius 1 is 1.54 bits per heavy atom. The van der Waals surface area contributed by atoms with E-state index in [-0.39, 0.29) is 0 Å². The maximum Gasteiger partial charge on any atom is 0.0360 e.